The molecule has 2 amide bonds. The Morgan fingerprint density at radius 1 is 0.848 bits per heavy atom. The third kappa shape index (κ3) is 3.83. The normalized spacial score (nSPS) is 15.6. The first-order valence-corrected chi connectivity index (χ1v) is 11.0. The molecule has 2 aliphatic rings. The van der Waals surface area contributed by atoms with Crippen LogP contribution in [-0.4, -0.2) is 70.7 Å². The molecule has 0 aliphatic carbocycles. The van der Waals surface area contributed by atoms with Crippen LogP contribution in [0.5, 0.6) is 11.5 Å². The van der Waals surface area contributed by atoms with Gasteiger partial charge in [0.05, 0.1) is 11.3 Å². The molecule has 0 N–H and O–H groups in total. The zero-order valence-electron chi connectivity index (χ0n) is 19.0. The second-order valence-electron chi connectivity index (χ2n) is 8.37. The lowest BCUT2D eigenvalue weighted by Gasteiger charge is -2.34. The van der Waals surface area contributed by atoms with Crippen molar-refractivity contribution < 1.29 is 23.6 Å². The summed E-state index contributed by atoms with van der Waals surface area (Å²) in [5.74, 6) is 1.45. The van der Waals surface area contributed by atoms with Crippen molar-refractivity contribution in [3.8, 4) is 17.2 Å². The van der Waals surface area contributed by atoms with E-state index < -0.39 is 0 Å². The second kappa shape index (κ2) is 8.31. The summed E-state index contributed by atoms with van der Waals surface area (Å²) in [6.45, 7) is 8.60. The van der Waals surface area contributed by atoms with Gasteiger partial charge in [-0.2, -0.15) is 0 Å². The fraction of sp³-hybridized carbons (Fsp3) is 0.375. The Morgan fingerprint density at radius 3 is 2.18 bits per heavy atom. The first-order valence-electron chi connectivity index (χ1n) is 11.0. The van der Waals surface area contributed by atoms with E-state index in [4.69, 9.17) is 14.0 Å². The molecule has 1 fully saturated rings. The molecule has 0 atom stereocenters. The zero-order valence-corrected chi connectivity index (χ0v) is 19.0. The van der Waals surface area contributed by atoms with Crippen molar-refractivity contribution in [3.05, 3.63) is 58.7 Å². The standard InChI is InChI=1S/C24H26N4O5/c1-15-12-22(33-25-15)24(30)27-8-6-26(7-9-27)23(29)19-13-16(2)28(17(19)3)18-4-5-20-21(14-18)32-11-10-31-20/h4-5,12-14H,6-11H2,1-3H3. The monoisotopic (exact) mass is 450 g/mol. The number of carbonyl (C=O) groups excluding carboxylic acids is 2. The highest BCUT2D eigenvalue weighted by Crippen LogP contribution is 2.33. The maximum atomic E-state index is 13.3. The molecule has 0 bridgehead atoms. The van der Waals surface area contributed by atoms with E-state index in [-0.39, 0.29) is 17.6 Å². The maximum Gasteiger partial charge on any atom is 0.292 e. The molecule has 1 aromatic carbocycles. The fourth-order valence-corrected chi connectivity index (χ4v) is 4.45. The molecule has 1 saturated heterocycles. The largest absolute Gasteiger partial charge is 0.486 e. The van der Waals surface area contributed by atoms with Crippen LogP contribution < -0.4 is 9.47 Å². The Hall–Kier alpha value is -3.75. The highest BCUT2D eigenvalue weighted by molar-refractivity contribution is 5.96. The molecule has 5 rings (SSSR count). The number of fused-ring (bicyclic) bond motifs is 1. The quantitative estimate of drug-likeness (QED) is 0.610. The van der Waals surface area contributed by atoms with Crippen molar-refractivity contribution in [1.29, 1.82) is 0 Å². The number of aromatic nitrogens is 2. The lowest BCUT2D eigenvalue weighted by molar-refractivity contribution is 0.0512. The number of nitrogens with zero attached hydrogens (tertiary/aromatic N) is 4. The predicted octanol–water partition coefficient (Wildman–Crippen LogP) is 2.76. The molecular formula is C24H26N4O5. The fourth-order valence-electron chi connectivity index (χ4n) is 4.45. The number of hydrogen-bond donors (Lipinski definition) is 0. The lowest BCUT2D eigenvalue weighted by Crippen LogP contribution is -2.50. The summed E-state index contributed by atoms with van der Waals surface area (Å²) in [6.07, 6.45) is 0. The number of ether oxygens (including phenoxy) is 2. The van der Waals surface area contributed by atoms with Gasteiger partial charge in [-0.05, 0) is 39.0 Å². The Balaban J connectivity index is 1.31. The second-order valence-corrected chi connectivity index (χ2v) is 8.37. The van der Waals surface area contributed by atoms with Crippen molar-refractivity contribution >= 4 is 11.8 Å². The molecule has 0 saturated carbocycles. The summed E-state index contributed by atoms with van der Waals surface area (Å²) in [4.78, 5) is 29.4. The third-order valence-electron chi connectivity index (χ3n) is 6.14. The molecule has 0 radical (unpaired) electrons. The van der Waals surface area contributed by atoms with Crippen LogP contribution in [0.25, 0.3) is 5.69 Å². The Morgan fingerprint density at radius 2 is 1.52 bits per heavy atom. The average Bonchev–Trinajstić information content (AvgIpc) is 3.40. The van der Waals surface area contributed by atoms with Crippen LogP contribution in [0.3, 0.4) is 0 Å². The van der Waals surface area contributed by atoms with Gasteiger partial charge < -0.3 is 28.4 Å². The highest BCUT2D eigenvalue weighted by atomic mass is 16.6. The van der Waals surface area contributed by atoms with Crippen molar-refractivity contribution in [2.24, 2.45) is 0 Å². The van der Waals surface area contributed by atoms with E-state index in [2.05, 4.69) is 9.72 Å². The summed E-state index contributed by atoms with van der Waals surface area (Å²) >= 11 is 0. The minimum Gasteiger partial charge on any atom is -0.486 e. The van der Waals surface area contributed by atoms with Crippen molar-refractivity contribution in [3.63, 3.8) is 0 Å². The number of benzene rings is 1. The Bertz CT molecular complexity index is 1220. The van der Waals surface area contributed by atoms with E-state index in [1.54, 1.807) is 22.8 Å². The van der Waals surface area contributed by atoms with Crippen LogP contribution in [0.15, 0.2) is 34.9 Å². The number of carbonyl (C=O) groups is 2. The maximum absolute atomic E-state index is 13.3. The topological polar surface area (TPSA) is 90.0 Å². The molecule has 3 aromatic rings. The molecule has 0 unspecified atom stereocenters. The van der Waals surface area contributed by atoms with Gasteiger partial charge in [-0.15, -0.1) is 0 Å². The lowest BCUT2D eigenvalue weighted by atomic mass is 10.2. The van der Waals surface area contributed by atoms with Crippen LogP contribution in [0.4, 0.5) is 0 Å². The number of aryl methyl sites for hydroxylation is 2. The van der Waals surface area contributed by atoms with Gasteiger partial charge in [-0.3, -0.25) is 9.59 Å². The van der Waals surface area contributed by atoms with Crippen LogP contribution in [0, 0.1) is 20.8 Å². The highest BCUT2D eigenvalue weighted by Gasteiger charge is 2.29. The van der Waals surface area contributed by atoms with E-state index in [0.717, 1.165) is 22.8 Å². The molecule has 9 heteroatoms. The van der Waals surface area contributed by atoms with E-state index in [0.29, 0.717) is 56.4 Å². The van der Waals surface area contributed by atoms with Crippen molar-refractivity contribution in [2.75, 3.05) is 39.4 Å². The Kier molecular flexibility index (Phi) is 5.32. The van der Waals surface area contributed by atoms with E-state index in [1.165, 1.54) is 0 Å². The van der Waals surface area contributed by atoms with Crippen molar-refractivity contribution in [2.45, 2.75) is 20.8 Å². The van der Waals surface area contributed by atoms with Crippen LogP contribution in [-0.2, 0) is 0 Å². The molecule has 4 heterocycles. The van der Waals surface area contributed by atoms with Gasteiger partial charge in [-0.1, -0.05) is 5.16 Å². The van der Waals surface area contributed by atoms with Crippen LogP contribution >= 0.6 is 0 Å². The van der Waals surface area contributed by atoms with Crippen molar-refractivity contribution in [1.82, 2.24) is 19.5 Å². The van der Waals surface area contributed by atoms with Gasteiger partial charge in [0.15, 0.2) is 11.5 Å². The van der Waals surface area contributed by atoms with Gasteiger partial charge in [0.1, 0.15) is 13.2 Å². The molecule has 33 heavy (non-hydrogen) atoms. The summed E-state index contributed by atoms with van der Waals surface area (Å²) in [6, 6.07) is 9.36. The number of rotatable bonds is 3. The number of piperazine rings is 1. The third-order valence-corrected chi connectivity index (χ3v) is 6.14. The van der Waals surface area contributed by atoms with Crippen LogP contribution in [0.2, 0.25) is 0 Å². The van der Waals surface area contributed by atoms with E-state index >= 15 is 0 Å². The number of amides is 2. The van der Waals surface area contributed by atoms with Gasteiger partial charge in [-0.25, -0.2) is 0 Å². The average molecular weight is 450 g/mol. The van der Waals surface area contributed by atoms with Gasteiger partial charge >= 0.3 is 0 Å². The summed E-state index contributed by atoms with van der Waals surface area (Å²) < 4.78 is 18.5. The van der Waals surface area contributed by atoms with Gasteiger partial charge in [0.2, 0.25) is 5.76 Å². The number of hydrogen-bond acceptors (Lipinski definition) is 6. The first kappa shape index (κ1) is 21.1. The summed E-state index contributed by atoms with van der Waals surface area (Å²) in [5.41, 5.74) is 4.08. The molecule has 2 aromatic heterocycles. The predicted molar refractivity (Wildman–Crippen MR) is 119 cm³/mol. The summed E-state index contributed by atoms with van der Waals surface area (Å²) in [7, 11) is 0. The van der Waals surface area contributed by atoms with E-state index in [1.807, 2.05) is 38.1 Å². The van der Waals surface area contributed by atoms with Gasteiger partial charge in [0, 0.05) is 55.4 Å². The minimum atomic E-state index is -0.195. The molecule has 2 aliphatic heterocycles. The smallest absolute Gasteiger partial charge is 0.292 e. The summed E-state index contributed by atoms with van der Waals surface area (Å²) in [5, 5.41) is 3.78. The minimum absolute atomic E-state index is 0.0329. The SMILES string of the molecule is Cc1cc(C(=O)N2CCN(C(=O)c3cc(C)n(-c4ccc5c(c4)OCCO5)c3C)CC2)on1. The van der Waals surface area contributed by atoms with E-state index in [9.17, 15) is 9.59 Å². The first-order chi connectivity index (χ1) is 15.9. The van der Waals surface area contributed by atoms with Crippen LogP contribution in [0.1, 0.15) is 38.0 Å². The molecule has 172 valence electrons. The zero-order chi connectivity index (χ0) is 23.1. The van der Waals surface area contributed by atoms with Gasteiger partial charge in [0.25, 0.3) is 11.8 Å². The Labute approximate surface area is 191 Å². The molecule has 0 spiro atoms. The molecular weight excluding hydrogens is 424 g/mol. The molecule has 9 nitrogen and oxygen atoms in total.